The highest BCUT2D eigenvalue weighted by molar-refractivity contribution is 9.10. The molecule has 0 unspecified atom stereocenters. The van der Waals surface area contributed by atoms with Gasteiger partial charge in [0, 0.05) is 20.8 Å². The molecule has 2 rings (SSSR count). The van der Waals surface area contributed by atoms with Gasteiger partial charge in [-0.2, -0.15) is 0 Å². The van der Waals surface area contributed by atoms with Crippen LogP contribution in [0.2, 0.25) is 0 Å². The van der Waals surface area contributed by atoms with Crippen molar-refractivity contribution in [3.63, 3.8) is 0 Å². The molecule has 1 aliphatic rings. The molecular weight excluding hydrogens is 290 g/mol. The Labute approximate surface area is 107 Å². The molecule has 0 radical (unpaired) electrons. The van der Waals surface area contributed by atoms with E-state index >= 15 is 0 Å². The van der Waals surface area contributed by atoms with E-state index in [-0.39, 0.29) is 6.04 Å². The molecule has 0 saturated carbocycles. The van der Waals surface area contributed by atoms with Crippen LogP contribution in [0.3, 0.4) is 0 Å². The molecule has 1 aromatic rings. The third-order valence-electron chi connectivity index (χ3n) is 2.88. The number of likely N-dealkylation sites (tertiary alicyclic amines) is 1. The number of halogens is 1. The van der Waals surface area contributed by atoms with Crippen LogP contribution in [-0.4, -0.2) is 28.6 Å². The summed E-state index contributed by atoms with van der Waals surface area (Å²) in [6.45, 7) is 3.70. The SMILES string of the molecule is Cc1cc(Br)c(CN2CCC[C@H]2C(=O)O)s1. The molecule has 1 atom stereocenters. The summed E-state index contributed by atoms with van der Waals surface area (Å²) in [5, 5.41) is 9.09. The molecule has 0 aromatic carbocycles. The Kier molecular flexibility index (Phi) is 3.66. The second kappa shape index (κ2) is 4.85. The average molecular weight is 304 g/mol. The van der Waals surface area contributed by atoms with Crippen molar-refractivity contribution in [2.45, 2.75) is 32.4 Å². The lowest BCUT2D eigenvalue weighted by atomic mass is 10.2. The van der Waals surface area contributed by atoms with Gasteiger partial charge in [-0.25, -0.2) is 0 Å². The van der Waals surface area contributed by atoms with Crippen molar-refractivity contribution in [1.29, 1.82) is 0 Å². The minimum atomic E-state index is -0.693. The summed E-state index contributed by atoms with van der Waals surface area (Å²) in [6, 6.07) is 1.79. The summed E-state index contributed by atoms with van der Waals surface area (Å²) in [5.41, 5.74) is 0. The molecule has 2 heterocycles. The number of carboxylic acid groups (broad SMARTS) is 1. The van der Waals surface area contributed by atoms with Crippen LogP contribution in [0.4, 0.5) is 0 Å². The summed E-state index contributed by atoms with van der Waals surface area (Å²) in [6.07, 6.45) is 1.76. The summed E-state index contributed by atoms with van der Waals surface area (Å²) < 4.78 is 1.10. The zero-order valence-corrected chi connectivity index (χ0v) is 11.5. The first-order valence-electron chi connectivity index (χ1n) is 5.29. The maximum absolute atomic E-state index is 11.0. The van der Waals surface area contributed by atoms with Crippen molar-refractivity contribution in [2.75, 3.05) is 6.54 Å². The lowest BCUT2D eigenvalue weighted by Gasteiger charge is -2.20. The van der Waals surface area contributed by atoms with Crippen LogP contribution in [0.1, 0.15) is 22.6 Å². The predicted octanol–water partition coefficient (Wildman–Crippen LogP) is 2.87. The van der Waals surface area contributed by atoms with Crippen LogP contribution in [-0.2, 0) is 11.3 Å². The van der Waals surface area contributed by atoms with Gasteiger partial charge in [-0.1, -0.05) is 0 Å². The van der Waals surface area contributed by atoms with Gasteiger partial charge < -0.3 is 5.11 Å². The molecule has 5 heteroatoms. The third kappa shape index (κ3) is 2.47. The number of thiophene rings is 1. The molecule has 0 amide bonds. The number of aliphatic carboxylic acids is 1. The summed E-state index contributed by atoms with van der Waals surface area (Å²) in [7, 11) is 0. The lowest BCUT2D eigenvalue weighted by Crippen LogP contribution is -2.35. The Morgan fingerprint density at radius 1 is 1.75 bits per heavy atom. The molecule has 16 heavy (non-hydrogen) atoms. The Morgan fingerprint density at radius 3 is 3.06 bits per heavy atom. The molecule has 1 N–H and O–H groups in total. The van der Waals surface area contributed by atoms with Gasteiger partial charge in [0.1, 0.15) is 6.04 Å². The molecular formula is C11H14BrNO2S. The Bertz CT molecular complexity index is 405. The zero-order valence-electron chi connectivity index (χ0n) is 9.07. The highest BCUT2D eigenvalue weighted by Gasteiger charge is 2.30. The largest absolute Gasteiger partial charge is 0.480 e. The first kappa shape index (κ1) is 12.1. The van der Waals surface area contributed by atoms with Crippen molar-refractivity contribution >= 4 is 33.2 Å². The molecule has 1 saturated heterocycles. The third-order valence-corrected chi connectivity index (χ3v) is 4.88. The van der Waals surface area contributed by atoms with Crippen molar-refractivity contribution in [3.05, 3.63) is 20.3 Å². The molecule has 1 aliphatic heterocycles. The first-order chi connectivity index (χ1) is 7.58. The molecule has 88 valence electrons. The number of rotatable bonds is 3. The van der Waals surface area contributed by atoms with E-state index in [1.165, 1.54) is 9.75 Å². The second-order valence-corrected chi connectivity index (χ2v) is 6.29. The molecule has 0 spiro atoms. The van der Waals surface area contributed by atoms with Gasteiger partial charge in [-0.3, -0.25) is 9.69 Å². The zero-order chi connectivity index (χ0) is 11.7. The van der Waals surface area contributed by atoms with E-state index in [0.717, 1.165) is 30.4 Å². The van der Waals surface area contributed by atoms with Crippen molar-refractivity contribution in [3.8, 4) is 0 Å². The molecule has 0 bridgehead atoms. The fraction of sp³-hybridized carbons (Fsp3) is 0.545. The van der Waals surface area contributed by atoms with Crippen molar-refractivity contribution in [2.24, 2.45) is 0 Å². The summed E-state index contributed by atoms with van der Waals surface area (Å²) in [4.78, 5) is 15.6. The smallest absolute Gasteiger partial charge is 0.320 e. The molecule has 3 nitrogen and oxygen atoms in total. The Morgan fingerprint density at radius 2 is 2.50 bits per heavy atom. The predicted molar refractivity (Wildman–Crippen MR) is 67.8 cm³/mol. The minimum Gasteiger partial charge on any atom is -0.480 e. The number of hydrogen-bond acceptors (Lipinski definition) is 3. The number of hydrogen-bond donors (Lipinski definition) is 1. The van der Waals surface area contributed by atoms with Gasteiger partial charge in [0.15, 0.2) is 0 Å². The van der Waals surface area contributed by atoms with E-state index in [9.17, 15) is 4.79 Å². The van der Waals surface area contributed by atoms with Crippen LogP contribution in [0, 0.1) is 6.92 Å². The highest BCUT2D eigenvalue weighted by Crippen LogP contribution is 2.30. The molecule has 0 aliphatic carbocycles. The lowest BCUT2D eigenvalue weighted by molar-refractivity contribution is -0.142. The fourth-order valence-corrected chi connectivity index (χ4v) is 3.93. The van der Waals surface area contributed by atoms with Gasteiger partial charge >= 0.3 is 5.97 Å². The van der Waals surface area contributed by atoms with Gasteiger partial charge in [-0.15, -0.1) is 11.3 Å². The van der Waals surface area contributed by atoms with Gasteiger partial charge in [0.05, 0.1) is 0 Å². The Balaban J connectivity index is 2.09. The standard InChI is InChI=1S/C11H14BrNO2S/c1-7-5-8(12)10(16-7)6-13-4-2-3-9(13)11(14)15/h5,9H,2-4,6H2,1H3,(H,14,15)/t9-/m0/s1. The van der Waals surface area contributed by atoms with E-state index in [1.54, 1.807) is 11.3 Å². The fourth-order valence-electron chi connectivity index (χ4n) is 2.12. The van der Waals surface area contributed by atoms with Crippen LogP contribution < -0.4 is 0 Å². The van der Waals surface area contributed by atoms with E-state index in [1.807, 2.05) is 0 Å². The monoisotopic (exact) mass is 303 g/mol. The number of carboxylic acids is 1. The van der Waals surface area contributed by atoms with E-state index in [0.29, 0.717) is 0 Å². The van der Waals surface area contributed by atoms with Crippen LogP contribution in [0.15, 0.2) is 10.5 Å². The topological polar surface area (TPSA) is 40.5 Å². The quantitative estimate of drug-likeness (QED) is 0.933. The van der Waals surface area contributed by atoms with Gasteiger partial charge in [0.2, 0.25) is 0 Å². The normalized spacial score (nSPS) is 21.5. The highest BCUT2D eigenvalue weighted by atomic mass is 79.9. The maximum atomic E-state index is 11.0. The minimum absolute atomic E-state index is 0.297. The molecule has 1 fully saturated rings. The number of carbonyl (C=O) groups is 1. The van der Waals surface area contributed by atoms with Crippen molar-refractivity contribution in [1.82, 2.24) is 4.90 Å². The van der Waals surface area contributed by atoms with E-state index in [4.69, 9.17) is 5.11 Å². The van der Waals surface area contributed by atoms with E-state index in [2.05, 4.69) is 33.8 Å². The second-order valence-electron chi connectivity index (χ2n) is 4.09. The van der Waals surface area contributed by atoms with Gasteiger partial charge in [-0.05, 0) is 48.3 Å². The van der Waals surface area contributed by atoms with Crippen LogP contribution >= 0.6 is 27.3 Å². The summed E-state index contributed by atoms with van der Waals surface area (Å²) >= 11 is 5.25. The molecule has 1 aromatic heterocycles. The number of nitrogens with zero attached hydrogens (tertiary/aromatic N) is 1. The first-order valence-corrected chi connectivity index (χ1v) is 6.90. The number of aryl methyl sites for hydroxylation is 1. The average Bonchev–Trinajstić information content (AvgIpc) is 2.75. The van der Waals surface area contributed by atoms with Crippen LogP contribution in [0.25, 0.3) is 0 Å². The van der Waals surface area contributed by atoms with E-state index < -0.39 is 5.97 Å². The van der Waals surface area contributed by atoms with Crippen LogP contribution in [0.5, 0.6) is 0 Å². The summed E-state index contributed by atoms with van der Waals surface area (Å²) in [5.74, 6) is -0.693. The Hall–Kier alpha value is -0.390. The maximum Gasteiger partial charge on any atom is 0.320 e. The van der Waals surface area contributed by atoms with Gasteiger partial charge in [0.25, 0.3) is 0 Å². The van der Waals surface area contributed by atoms with Crippen molar-refractivity contribution < 1.29 is 9.90 Å².